The molecule has 3 nitrogen and oxygen atoms in total. The van der Waals surface area contributed by atoms with E-state index in [1.165, 1.54) is 0 Å². The predicted molar refractivity (Wildman–Crippen MR) is 60.7 cm³/mol. The van der Waals surface area contributed by atoms with E-state index in [9.17, 15) is 4.79 Å². The van der Waals surface area contributed by atoms with Gasteiger partial charge in [-0.1, -0.05) is 20.8 Å². The van der Waals surface area contributed by atoms with Crippen LogP contribution in [0, 0.1) is 5.92 Å². The van der Waals surface area contributed by atoms with Crippen molar-refractivity contribution >= 4 is 5.97 Å². The van der Waals surface area contributed by atoms with E-state index in [0.717, 1.165) is 19.4 Å². The maximum Gasteiger partial charge on any atom is 0.305 e. The molecule has 0 bridgehead atoms. The molecule has 0 saturated carbocycles. The lowest BCUT2D eigenvalue weighted by Crippen LogP contribution is -2.16. The fourth-order valence-electron chi connectivity index (χ4n) is 1.04. The first-order chi connectivity index (χ1) is 7.06. The van der Waals surface area contributed by atoms with Gasteiger partial charge in [0.15, 0.2) is 0 Å². The molecule has 0 amide bonds. The second-order valence-electron chi connectivity index (χ2n) is 4.24. The van der Waals surface area contributed by atoms with Crippen molar-refractivity contribution in [2.75, 3.05) is 13.2 Å². The van der Waals surface area contributed by atoms with E-state index in [4.69, 9.17) is 9.47 Å². The Morgan fingerprint density at radius 2 is 1.73 bits per heavy atom. The van der Waals surface area contributed by atoms with E-state index in [1.807, 2.05) is 6.92 Å². The summed E-state index contributed by atoms with van der Waals surface area (Å²) in [4.78, 5) is 10.9. The molecule has 0 aromatic rings. The van der Waals surface area contributed by atoms with Crippen LogP contribution < -0.4 is 0 Å². The van der Waals surface area contributed by atoms with Crippen LogP contribution in [0.2, 0.25) is 0 Å². The van der Waals surface area contributed by atoms with Crippen molar-refractivity contribution in [3.05, 3.63) is 0 Å². The second-order valence-corrected chi connectivity index (χ2v) is 4.24. The van der Waals surface area contributed by atoms with Gasteiger partial charge in [-0.3, -0.25) is 4.79 Å². The Labute approximate surface area is 93.1 Å². The number of carbonyl (C=O) groups excluding carboxylic acids is 1. The lowest BCUT2D eigenvalue weighted by Gasteiger charge is -2.13. The van der Waals surface area contributed by atoms with E-state index in [-0.39, 0.29) is 12.1 Å². The van der Waals surface area contributed by atoms with Crippen LogP contribution in [-0.4, -0.2) is 25.3 Å². The predicted octanol–water partition coefficient (Wildman–Crippen LogP) is 2.78. The molecule has 0 fully saturated rings. The second kappa shape index (κ2) is 8.72. The Hall–Kier alpha value is -0.570. The van der Waals surface area contributed by atoms with Crippen LogP contribution in [-0.2, 0) is 14.3 Å². The van der Waals surface area contributed by atoms with Crippen LogP contribution in [0.25, 0.3) is 0 Å². The Balaban J connectivity index is 3.31. The summed E-state index contributed by atoms with van der Waals surface area (Å²) < 4.78 is 10.5. The quantitative estimate of drug-likeness (QED) is 0.462. The minimum Gasteiger partial charge on any atom is -0.463 e. The third-order valence-corrected chi connectivity index (χ3v) is 2.13. The molecular formula is C12H24O3. The van der Waals surface area contributed by atoms with Crippen molar-refractivity contribution in [3.8, 4) is 0 Å². The number of rotatable bonds is 8. The van der Waals surface area contributed by atoms with Crippen LogP contribution in [0.15, 0.2) is 0 Å². The smallest absolute Gasteiger partial charge is 0.305 e. The van der Waals surface area contributed by atoms with Gasteiger partial charge in [0.2, 0.25) is 0 Å². The average Bonchev–Trinajstić information content (AvgIpc) is 2.16. The van der Waals surface area contributed by atoms with Gasteiger partial charge in [-0.2, -0.15) is 0 Å². The fraction of sp³-hybridized carbons (Fsp3) is 0.917. The molecule has 0 aromatic heterocycles. The molecule has 15 heavy (non-hydrogen) atoms. The largest absolute Gasteiger partial charge is 0.463 e. The number of carbonyl (C=O) groups is 1. The summed E-state index contributed by atoms with van der Waals surface area (Å²) in [7, 11) is 0. The minimum absolute atomic E-state index is 0.0310. The van der Waals surface area contributed by atoms with Gasteiger partial charge < -0.3 is 9.47 Å². The summed E-state index contributed by atoms with van der Waals surface area (Å²) in [5, 5.41) is 0. The molecule has 0 spiro atoms. The Morgan fingerprint density at radius 3 is 2.27 bits per heavy atom. The lowest BCUT2D eigenvalue weighted by atomic mass is 10.1. The summed E-state index contributed by atoms with van der Waals surface area (Å²) in [6, 6.07) is 0. The lowest BCUT2D eigenvalue weighted by molar-refractivity contribution is -0.148. The zero-order chi connectivity index (χ0) is 11.7. The highest BCUT2D eigenvalue weighted by molar-refractivity contribution is 5.69. The van der Waals surface area contributed by atoms with Crippen LogP contribution in [0.5, 0.6) is 0 Å². The van der Waals surface area contributed by atoms with Crippen molar-refractivity contribution in [3.63, 3.8) is 0 Å². The topological polar surface area (TPSA) is 35.5 Å². The molecule has 0 heterocycles. The molecule has 1 unspecified atom stereocenters. The zero-order valence-electron chi connectivity index (χ0n) is 10.4. The third kappa shape index (κ3) is 9.73. The van der Waals surface area contributed by atoms with Gasteiger partial charge in [0, 0.05) is 19.4 Å². The maximum absolute atomic E-state index is 10.9. The molecule has 1 atom stereocenters. The summed E-state index contributed by atoms with van der Waals surface area (Å²) in [6.07, 6.45) is 2.28. The fourth-order valence-corrected chi connectivity index (χ4v) is 1.04. The van der Waals surface area contributed by atoms with E-state index in [2.05, 4.69) is 13.8 Å². The van der Waals surface area contributed by atoms with Crippen LogP contribution >= 0.6 is 0 Å². The van der Waals surface area contributed by atoms with Crippen LogP contribution in [0.4, 0.5) is 0 Å². The number of ether oxygens (including phenoxy) is 2. The standard InChI is InChI=1S/C12H24O3/c1-5-12(13)15-11(4)7-9-14-8-6-10(2)3/h10-11H,5-9H2,1-4H3. The van der Waals surface area contributed by atoms with E-state index < -0.39 is 0 Å². The first-order valence-corrected chi connectivity index (χ1v) is 5.83. The maximum atomic E-state index is 10.9. The Kier molecular flexibility index (Phi) is 8.38. The average molecular weight is 216 g/mol. The van der Waals surface area contributed by atoms with Crippen LogP contribution in [0.1, 0.15) is 47.0 Å². The third-order valence-electron chi connectivity index (χ3n) is 2.13. The van der Waals surface area contributed by atoms with Gasteiger partial charge in [-0.25, -0.2) is 0 Å². The molecule has 0 saturated heterocycles. The van der Waals surface area contributed by atoms with E-state index >= 15 is 0 Å². The summed E-state index contributed by atoms with van der Waals surface area (Å²) >= 11 is 0. The van der Waals surface area contributed by atoms with Gasteiger partial charge >= 0.3 is 5.97 Å². The van der Waals surface area contributed by atoms with Crippen LogP contribution in [0.3, 0.4) is 0 Å². The molecule has 0 aliphatic rings. The van der Waals surface area contributed by atoms with E-state index in [0.29, 0.717) is 18.9 Å². The van der Waals surface area contributed by atoms with E-state index in [1.54, 1.807) is 6.92 Å². The summed E-state index contributed by atoms with van der Waals surface area (Å²) in [6.45, 7) is 9.52. The highest BCUT2D eigenvalue weighted by Crippen LogP contribution is 2.02. The van der Waals surface area contributed by atoms with Gasteiger partial charge in [-0.05, 0) is 19.3 Å². The molecule has 0 rings (SSSR count). The molecular weight excluding hydrogens is 192 g/mol. The number of esters is 1. The van der Waals surface area contributed by atoms with Crippen molar-refractivity contribution in [1.29, 1.82) is 0 Å². The minimum atomic E-state index is -0.135. The molecule has 0 aromatic carbocycles. The Bertz CT molecular complexity index is 166. The summed E-state index contributed by atoms with van der Waals surface area (Å²) in [5.41, 5.74) is 0. The molecule has 0 radical (unpaired) electrons. The summed E-state index contributed by atoms with van der Waals surface area (Å²) in [5.74, 6) is 0.546. The SMILES string of the molecule is CCC(=O)OC(C)CCOCCC(C)C. The van der Waals surface area contributed by atoms with Gasteiger partial charge in [0.25, 0.3) is 0 Å². The molecule has 0 N–H and O–H groups in total. The number of hydrogen-bond acceptors (Lipinski definition) is 3. The first kappa shape index (κ1) is 14.4. The molecule has 90 valence electrons. The molecule has 3 heteroatoms. The van der Waals surface area contributed by atoms with Crippen molar-refractivity contribution in [1.82, 2.24) is 0 Å². The Morgan fingerprint density at radius 1 is 1.13 bits per heavy atom. The van der Waals surface area contributed by atoms with Gasteiger partial charge in [-0.15, -0.1) is 0 Å². The van der Waals surface area contributed by atoms with Crippen molar-refractivity contribution < 1.29 is 14.3 Å². The van der Waals surface area contributed by atoms with Gasteiger partial charge in [0.05, 0.1) is 6.61 Å². The van der Waals surface area contributed by atoms with Crippen molar-refractivity contribution in [2.24, 2.45) is 5.92 Å². The monoisotopic (exact) mass is 216 g/mol. The highest BCUT2D eigenvalue weighted by atomic mass is 16.5. The van der Waals surface area contributed by atoms with Crippen molar-refractivity contribution in [2.45, 2.75) is 53.1 Å². The highest BCUT2D eigenvalue weighted by Gasteiger charge is 2.06. The molecule has 0 aliphatic carbocycles. The first-order valence-electron chi connectivity index (χ1n) is 5.83. The normalized spacial score (nSPS) is 12.9. The molecule has 0 aliphatic heterocycles. The number of hydrogen-bond donors (Lipinski definition) is 0. The van der Waals surface area contributed by atoms with Gasteiger partial charge in [0.1, 0.15) is 6.10 Å². The zero-order valence-corrected chi connectivity index (χ0v) is 10.4.